The van der Waals surface area contributed by atoms with Crippen molar-refractivity contribution < 1.29 is 0 Å². The Bertz CT molecular complexity index is 171. The Morgan fingerprint density at radius 2 is 2.55 bits per heavy atom. The molecule has 0 bridgehead atoms. The molecule has 1 atom stereocenters. The van der Waals surface area contributed by atoms with Crippen LogP contribution >= 0.6 is 0 Å². The first-order valence-corrected chi connectivity index (χ1v) is 3.88. The molecule has 1 fully saturated rings. The summed E-state index contributed by atoms with van der Waals surface area (Å²) in [6.45, 7) is 5.68. The van der Waals surface area contributed by atoms with E-state index in [2.05, 4.69) is 16.8 Å². The fraction of sp³-hybridized carbons (Fsp3) is 0.625. The highest BCUT2D eigenvalue weighted by atomic mass is 15.1. The van der Waals surface area contributed by atoms with Crippen molar-refractivity contribution in [2.24, 2.45) is 0 Å². The van der Waals surface area contributed by atoms with Crippen LogP contribution in [0.15, 0.2) is 12.8 Å². The van der Waals surface area contributed by atoms with Crippen molar-refractivity contribution in [3.63, 3.8) is 0 Å². The molecule has 0 amide bonds. The zero-order valence-electron chi connectivity index (χ0n) is 6.58. The van der Waals surface area contributed by atoms with E-state index < -0.39 is 0 Å². The van der Waals surface area contributed by atoms with Gasteiger partial charge in [-0.3, -0.25) is 0 Å². The first kappa shape index (κ1) is 7.93. The number of nitrogens with one attached hydrogen (secondary N) is 1. The molecule has 1 aliphatic rings. The minimum absolute atomic E-state index is 0.326. The van der Waals surface area contributed by atoms with Crippen LogP contribution in [-0.4, -0.2) is 24.0 Å². The Morgan fingerprint density at radius 1 is 1.73 bits per heavy atom. The average molecular weight is 151 g/mol. The summed E-state index contributed by atoms with van der Waals surface area (Å²) in [5, 5.41) is 11.1. The molecule has 60 valence electrons. The summed E-state index contributed by atoms with van der Waals surface area (Å²) in [4.78, 5) is 2.14. The lowest BCUT2D eigenvalue weighted by atomic mass is 10.1. The summed E-state index contributed by atoms with van der Waals surface area (Å²) in [6.07, 6.45) is 6.05. The normalized spacial score (nSPS) is 23.9. The molecule has 1 aliphatic heterocycles. The van der Waals surface area contributed by atoms with Gasteiger partial charge in [0.15, 0.2) is 6.19 Å². The standard InChI is InChI=1S/C8H13N3/c1-2-11-5-3-4-8(6-11)10-7-9/h2,8,10H,1,3-6H2. The van der Waals surface area contributed by atoms with Crippen molar-refractivity contribution in [2.45, 2.75) is 18.9 Å². The van der Waals surface area contributed by atoms with Gasteiger partial charge in [-0.25, -0.2) is 0 Å². The van der Waals surface area contributed by atoms with Gasteiger partial charge in [0.1, 0.15) is 0 Å². The predicted octanol–water partition coefficient (Wildman–Crippen LogP) is 0.665. The van der Waals surface area contributed by atoms with E-state index in [0.29, 0.717) is 6.04 Å². The number of hydrogen-bond acceptors (Lipinski definition) is 3. The van der Waals surface area contributed by atoms with E-state index in [0.717, 1.165) is 25.9 Å². The SMILES string of the molecule is C=CN1CCCC(NC#N)C1. The number of piperidine rings is 1. The minimum atomic E-state index is 0.326. The molecule has 11 heavy (non-hydrogen) atoms. The lowest BCUT2D eigenvalue weighted by Gasteiger charge is -2.30. The highest BCUT2D eigenvalue weighted by molar-refractivity contribution is 4.86. The van der Waals surface area contributed by atoms with E-state index in [1.165, 1.54) is 0 Å². The highest BCUT2D eigenvalue weighted by Crippen LogP contribution is 2.08. The highest BCUT2D eigenvalue weighted by Gasteiger charge is 2.15. The molecule has 0 aliphatic carbocycles. The summed E-state index contributed by atoms with van der Waals surface area (Å²) in [5.41, 5.74) is 0. The van der Waals surface area contributed by atoms with Crippen LogP contribution in [0.3, 0.4) is 0 Å². The van der Waals surface area contributed by atoms with Gasteiger partial charge in [0.25, 0.3) is 0 Å². The first-order valence-electron chi connectivity index (χ1n) is 3.88. The molecule has 1 saturated heterocycles. The van der Waals surface area contributed by atoms with E-state index in [-0.39, 0.29) is 0 Å². The molecule has 1 heterocycles. The predicted molar refractivity (Wildman–Crippen MR) is 43.5 cm³/mol. The third-order valence-electron chi connectivity index (χ3n) is 1.98. The summed E-state index contributed by atoms with van der Waals surface area (Å²) in [7, 11) is 0. The van der Waals surface area contributed by atoms with E-state index in [9.17, 15) is 0 Å². The first-order chi connectivity index (χ1) is 5.36. The van der Waals surface area contributed by atoms with E-state index in [4.69, 9.17) is 5.26 Å². The third-order valence-corrected chi connectivity index (χ3v) is 1.98. The largest absolute Gasteiger partial charge is 0.376 e. The molecule has 0 saturated carbocycles. The number of rotatable bonds is 2. The quantitative estimate of drug-likeness (QED) is 0.465. The summed E-state index contributed by atoms with van der Waals surface area (Å²) >= 11 is 0. The van der Waals surface area contributed by atoms with Crippen LogP contribution in [0.25, 0.3) is 0 Å². The van der Waals surface area contributed by atoms with Crippen molar-refractivity contribution in [3.8, 4) is 6.19 Å². The second kappa shape index (κ2) is 3.87. The Labute approximate surface area is 67.3 Å². The second-order valence-corrected chi connectivity index (χ2v) is 2.77. The topological polar surface area (TPSA) is 39.1 Å². The zero-order chi connectivity index (χ0) is 8.10. The van der Waals surface area contributed by atoms with Crippen LogP contribution in [0.5, 0.6) is 0 Å². The molecular weight excluding hydrogens is 138 g/mol. The Balaban J connectivity index is 2.34. The fourth-order valence-electron chi connectivity index (χ4n) is 1.38. The van der Waals surface area contributed by atoms with Gasteiger partial charge in [-0.2, -0.15) is 5.26 Å². The maximum atomic E-state index is 8.37. The monoisotopic (exact) mass is 151 g/mol. The van der Waals surface area contributed by atoms with Gasteiger partial charge in [0.2, 0.25) is 0 Å². The lowest BCUT2D eigenvalue weighted by molar-refractivity contribution is 0.266. The van der Waals surface area contributed by atoms with E-state index >= 15 is 0 Å². The average Bonchev–Trinajstić information content (AvgIpc) is 2.06. The second-order valence-electron chi connectivity index (χ2n) is 2.77. The van der Waals surface area contributed by atoms with E-state index in [1.54, 1.807) is 0 Å². The van der Waals surface area contributed by atoms with Crippen molar-refractivity contribution in [1.29, 1.82) is 5.26 Å². The molecule has 0 aromatic rings. The fourth-order valence-corrected chi connectivity index (χ4v) is 1.38. The van der Waals surface area contributed by atoms with Crippen molar-refractivity contribution in [2.75, 3.05) is 13.1 Å². The minimum Gasteiger partial charge on any atom is -0.376 e. The number of likely N-dealkylation sites (tertiary alicyclic amines) is 1. The smallest absolute Gasteiger partial charge is 0.176 e. The Hall–Kier alpha value is -1.17. The molecule has 3 nitrogen and oxygen atoms in total. The van der Waals surface area contributed by atoms with Gasteiger partial charge in [0.05, 0.1) is 6.04 Å². The van der Waals surface area contributed by atoms with Crippen LogP contribution < -0.4 is 5.32 Å². The number of hydrogen-bond donors (Lipinski definition) is 1. The van der Waals surface area contributed by atoms with E-state index in [1.807, 2.05) is 12.4 Å². The molecule has 0 radical (unpaired) electrons. The zero-order valence-corrected chi connectivity index (χ0v) is 6.58. The molecule has 1 N–H and O–H groups in total. The van der Waals surface area contributed by atoms with Gasteiger partial charge >= 0.3 is 0 Å². The van der Waals surface area contributed by atoms with Crippen LogP contribution in [0, 0.1) is 11.5 Å². The van der Waals surface area contributed by atoms with Crippen molar-refractivity contribution >= 4 is 0 Å². The van der Waals surface area contributed by atoms with Gasteiger partial charge in [-0.1, -0.05) is 6.58 Å². The summed E-state index contributed by atoms with van der Waals surface area (Å²) in [6, 6.07) is 0.326. The van der Waals surface area contributed by atoms with Gasteiger partial charge < -0.3 is 10.2 Å². The van der Waals surface area contributed by atoms with Crippen LogP contribution in [0.2, 0.25) is 0 Å². The maximum Gasteiger partial charge on any atom is 0.176 e. The van der Waals surface area contributed by atoms with Crippen molar-refractivity contribution in [3.05, 3.63) is 12.8 Å². The van der Waals surface area contributed by atoms with Gasteiger partial charge in [0, 0.05) is 13.1 Å². The lowest BCUT2D eigenvalue weighted by Crippen LogP contribution is -2.41. The molecule has 3 heteroatoms. The Kier molecular flexibility index (Phi) is 2.79. The van der Waals surface area contributed by atoms with Gasteiger partial charge in [-0.05, 0) is 19.0 Å². The molecule has 0 spiro atoms. The number of nitrogens with zero attached hydrogens (tertiary/aromatic N) is 2. The molecule has 0 aromatic heterocycles. The maximum absolute atomic E-state index is 8.37. The van der Waals surface area contributed by atoms with Crippen LogP contribution in [-0.2, 0) is 0 Å². The molecule has 1 unspecified atom stereocenters. The molecule has 0 aromatic carbocycles. The molecule has 1 rings (SSSR count). The summed E-state index contributed by atoms with van der Waals surface area (Å²) < 4.78 is 0. The van der Waals surface area contributed by atoms with Gasteiger partial charge in [-0.15, -0.1) is 0 Å². The number of nitriles is 1. The van der Waals surface area contributed by atoms with Crippen molar-refractivity contribution in [1.82, 2.24) is 10.2 Å². The molecular formula is C8H13N3. The summed E-state index contributed by atoms with van der Waals surface area (Å²) in [5.74, 6) is 0. The third kappa shape index (κ3) is 2.15. The van der Waals surface area contributed by atoms with Crippen LogP contribution in [0.4, 0.5) is 0 Å². The van der Waals surface area contributed by atoms with Crippen LogP contribution in [0.1, 0.15) is 12.8 Å². The Morgan fingerprint density at radius 3 is 3.18 bits per heavy atom.